The number of fused-ring (bicyclic) bond motifs is 1. The quantitative estimate of drug-likeness (QED) is 0.0704. The van der Waals surface area contributed by atoms with Gasteiger partial charge in [0.15, 0.2) is 5.60 Å². The number of hydrogen-bond acceptors (Lipinski definition) is 11. The number of carbonyl (C=O) groups is 7. The summed E-state index contributed by atoms with van der Waals surface area (Å²) in [6, 6.07) is 8.87. The molecule has 0 spiro atoms. The molecule has 4 atom stereocenters. The van der Waals surface area contributed by atoms with E-state index in [4.69, 9.17) is 25.8 Å². The van der Waals surface area contributed by atoms with Gasteiger partial charge in [-0.3, -0.25) is 34.4 Å². The number of hydrogen-bond donors (Lipinski definition) is 9. The van der Waals surface area contributed by atoms with Crippen LogP contribution >= 0.6 is 11.8 Å². The summed E-state index contributed by atoms with van der Waals surface area (Å²) in [5.74, 6) is -7.66. The van der Waals surface area contributed by atoms with Crippen LogP contribution in [0.5, 0.6) is 0 Å². The number of thioether (sulfide) groups is 1. The highest BCUT2D eigenvalue weighted by Crippen LogP contribution is 2.50. The Kier molecular flexibility index (Phi) is 12.0. The molecule has 2 aromatic rings. The van der Waals surface area contributed by atoms with Crippen molar-refractivity contribution >= 4 is 59.2 Å². The fourth-order valence-electron chi connectivity index (χ4n) is 5.04. The van der Waals surface area contributed by atoms with Crippen LogP contribution in [0.2, 0.25) is 0 Å². The zero-order valence-corrected chi connectivity index (χ0v) is 26.8. The van der Waals surface area contributed by atoms with Crippen LogP contribution in [-0.4, -0.2) is 117 Å². The Hall–Kier alpha value is -5.56. The van der Waals surface area contributed by atoms with Crippen LogP contribution in [0.15, 0.2) is 54.9 Å². The molecular formula is C30H34N6O12S. The summed E-state index contributed by atoms with van der Waals surface area (Å²) >= 11 is 1.32. The molecule has 262 valence electrons. The summed E-state index contributed by atoms with van der Waals surface area (Å²) in [7, 11) is 0. The Bertz CT molecular complexity index is 1610. The minimum Gasteiger partial charge on any atom is -0.481 e. The third-order valence-corrected chi connectivity index (χ3v) is 8.92. The van der Waals surface area contributed by atoms with E-state index >= 15 is 0 Å². The maximum absolute atomic E-state index is 13.3. The summed E-state index contributed by atoms with van der Waals surface area (Å²) in [6.07, 6.45) is 0.780. The molecule has 19 heteroatoms. The average molecular weight is 703 g/mol. The first-order valence-corrected chi connectivity index (χ1v) is 15.3. The van der Waals surface area contributed by atoms with E-state index in [1.807, 2.05) is 0 Å². The van der Waals surface area contributed by atoms with Crippen molar-refractivity contribution in [1.29, 1.82) is 5.41 Å². The number of pyridine rings is 1. The molecule has 0 aliphatic carbocycles. The number of rotatable bonds is 13. The number of carboxylic acid groups (broad SMARTS) is 4. The van der Waals surface area contributed by atoms with Gasteiger partial charge < -0.3 is 46.4 Å². The van der Waals surface area contributed by atoms with Crippen LogP contribution in [-0.2, 0) is 33.6 Å². The predicted molar refractivity (Wildman–Crippen MR) is 169 cm³/mol. The van der Waals surface area contributed by atoms with Crippen molar-refractivity contribution in [2.45, 2.75) is 60.5 Å². The predicted octanol–water partition coefficient (Wildman–Crippen LogP) is -0.763. The topological polar surface area (TPSA) is 297 Å². The lowest BCUT2D eigenvalue weighted by molar-refractivity contribution is -0.170. The van der Waals surface area contributed by atoms with E-state index in [2.05, 4.69) is 20.9 Å². The lowest BCUT2D eigenvalue weighted by Crippen LogP contribution is -2.71. The number of carbonyl (C=O) groups excluding carboxylic acids is 3. The zero-order chi connectivity index (χ0) is 36.7. The molecule has 1 unspecified atom stereocenters. The van der Waals surface area contributed by atoms with Crippen molar-refractivity contribution in [2.75, 3.05) is 6.54 Å². The van der Waals surface area contributed by atoms with Crippen molar-refractivity contribution in [3.8, 4) is 0 Å². The molecule has 2 aliphatic rings. The molecule has 1 aromatic heterocycles. The van der Waals surface area contributed by atoms with Gasteiger partial charge in [-0.2, -0.15) is 0 Å². The van der Waals surface area contributed by atoms with E-state index in [0.29, 0.717) is 11.1 Å². The standard InChI is InChI=1S/C24H26N6O5S.C6H8O7/c1-24(2)18(23(34)35)30-21(33)17(22(30)36-24)29-20(32)16(13-6-4-3-5-7-13)28-15(31)12-27-19(25)14-8-10-26-11-9-14;7-3(8)1-6(13,5(11)12)2-4(9)10/h3-11,16-18,22H,12H2,1-2H3,(H2,25,27)(H,28,31)(H,29,32)(H,34,35);13H,1-2H2,(H,7,8)(H,9,10)(H,11,12)/t16?,17-,18+,22-;/m1./s1. The van der Waals surface area contributed by atoms with Crippen LogP contribution in [0, 0.1) is 5.41 Å². The summed E-state index contributed by atoms with van der Waals surface area (Å²) in [4.78, 5) is 86.1. The smallest absolute Gasteiger partial charge is 0.336 e. The van der Waals surface area contributed by atoms with Gasteiger partial charge >= 0.3 is 23.9 Å². The van der Waals surface area contributed by atoms with E-state index in [1.165, 1.54) is 29.1 Å². The summed E-state index contributed by atoms with van der Waals surface area (Å²) in [6.45, 7) is 3.26. The number of aliphatic hydroxyl groups is 1. The van der Waals surface area contributed by atoms with Gasteiger partial charge in [0.1, 0.15) is 29.3 Å². The van der Waals surface area contributed by atoms with Crippen molar-refractivity contribution in [2.24, 2.45) is 0 Å². The molecule has 0 saturated carbocycles. The molecule has 49 heavy (non-hydrogen) atoms. The van der Waals surface area contributed by atoms with Gasteiger partial charge in [0.05, 0.1) is 19.4 Å². The molecule has 3 amide bonds. The van der Waals surface area contributed by atoms with Crippen LogP contribution in [0.3, 0.4) is 0 Å². The van der Waals surface area contributed by atoms with E-state index in [1.54, 1.807) is 56.3 Å². The number of aromatic nitrogens is 1. The Balaban J connectivity index is 0.000000425. The maximum Gasteiger partial charge on any atom is 0.336 e. The molecule has 0 bridgehead atoms. The highest BCUT2D eigenvalue weighted by atomic mass is 32.2. The van der Waals surface area contributed by atoms with Crippen LogP contribution in [0.1, 0.15) is 43.9 Å². The number of amidine groups is 1. The number of amides is 3. The molecule has 2 fully saturated rings. The number of nitrogens with one attached hydrogen (secondary N) is 4. The minimum atomic E-state index is -2.74. The molecule has 4 rings (SSSR count). The van der Waals surface area contributed by atoms with Crippen LogP contribution in [0.25, 0.3) is 0 Å². The molecule has 3 heterocycles. The van der Waals surface area contributed by atoms with Gasteiger partial charge in [0.2, 0.25) is 17.7 Å². The fourth-order valence-corrected chi connectivity index (χ4v) is 6.67. The Morgan fingerprint density at radius 2 is 1.55 bits per heavy atom. The number of nitrogens with zero attached hydrogens (tertiary/aromatic N) is 2. The summed E-state index contributed by atoms with van der Waals surface area (Å²) in [5.41, 5.74) is -1.67. The van der Waals surface area contributed by atoms with Crippen LogP contribution < -0.4 is 16.0 Å². The van der Waals surface area contributed by atoms with Crippen molar-refractivity contribution in [1.82, 2.24) is 25.8 Å². The molecule has 9 N–H and O–H groups in total. The first-order chi connectivity index (χ1) is 22.9. The number of aliphatic carboxylic acids is 4. The highest BCUT2D eigenvalue weighted by molar-refractivity contribution is 8.01. The van der Waals surface area contributed by atoms with Crippen molar-refractivity contribution in [3.63, 3.8) is 0 Å². The lowest BCUT2D eigenvalue weighted by atomic mass is 9.95. The van der Waals surface area contributed by atoms with Crippen LogP contribution in [0.4, 0.5) is 0 Å². The van der Waals surface area contributed by atoms with Gasteiger partial charge in [-0.1, -0.05) is 30.3 Å². The number of carboxylic acids is 4. The minimum absolute atomic E-state index is 0.0299. The molecular weight excluding hydrogens is 668 g/mol. The summed E-state index contributed by atoms with van der Waals surface area (Å²) < 4.78 is -0.719. The van der Waals surface area contributed by atoms with Crippen molar-refractivity contribution < 1.29 is 59.1 Å². The lowest BCUT2D eigenvalue weighted by Gasteiger charge is -2.44. The SMILES string of the molecule is CC1(C)S[C@@H]2[C@H](NC(=O)C(NC(=O)CNC(=N)c3ccncc3)c3ccccc3)C(=O)N2[C@H]1C(=O)O.O=C(O)CC(O)(CC(=O)O)C(=O)O. The van der Waals surface area contributed by atoms with Gasteiger partial charge in [0, 0.05) is 22.7 Å². The van der Waals surface area contributed by atoms with E-state index in [0.717, 1.165) is 0 Å². The second kappa shape index (κ2) is 15.6. The maximum atomic E-state index is 13.3. The molecule has 0 radical (unpaired) electrons. The first-order valence-electron chi connectivity index (χ1n) is 14.4. The van der Waals surface area contributed by atoms with Crippen molar-refractivity contribution in [3.05, 3.63) is 66.0 Å². The Labute approximate surface area is 282 Å². The summed E-state index contributed by atoms with van der Waals surface area (Å²) in [5, 5.41) is 59.0. The number of benzene rings is 1. The van der Waals surface area contributed by atoms with E-state index in [9.17, 15) is 38.7 Å². The van der Waals surface area contributed by atoms with Gasteiger partial charge in [0.25, 0.3) is 0 Å². The monoisotopic (exact) mass is 702 g/mol. The first kappa shape index (κ1) is 37.9. The largest absolute Gasteiger partial charge is 0.481 e. The third kappa shape index (κ3) is 9.29. The molecule has 2 aliphatic heterocycles. The van der Waals surface area contributed by atoms with Gasteiger partial charge in [-0.25, -0.2) is 9.59 Å². The fraction of sp³-hybridized carbons (Fsp3) is 0.367. The zero-order valence-electron chi connectivity index (χ0n) is 26.0. The Morgan fingerprint density at radius 3 is 2.06 bits per heavy atom. The Morgan fingerprint density at radius 1 is 0.980 bits per heavy atom. The highest BCUT2D eigenvalue weighted by Gasteiger charge is 2.64. The second-order valence-electron chi connectivity index (χ2n) is 11.4. The number of β-lactam (4-membered cyclic amide) rings is 1. The van der Waals surface area contributed by atoms with Gasteiger partial charge in [-0.05, 0) is 31.5 Å². The third-order valence-electron chi connectivity index (χ3n) is 7.35. The normalized spacial score (nSPS) is 19.4. The van der Waals surface area contributed by atoms with E-state index in [-0.39, 0.29) is 12.4 Å². The average Bonchev–Trinajstić information content (AvgIpc) is 3.29. The molecule has 1 aromatic carbocycles. The molecule has 2 saturated heterocycles. The van der Waals surface area contributed by atoms with E-state index < -0.39 is 88.3 Å². The van der Waals surface area contributed by atoms with Gasteiger partial charge in [-0.15, -0.1) is 11.8 Å². The second-order valence-corrected chi connectivity index (χ2v) is 13.2. The molecule has 18 nitrogen and oxygen atoms in total.